The van der Waals surface area contributed by atoms with Crippen molar-refractivity contribution in [1.82, 2.24) is 5.32 Å². The molecule has 1 aromatic carbocycles. The number of amides is 1. The van der Waals surface area contributed by atoms with Gasteiger partial charge in [-0.2, -0.15) is 0 Å². The lowest BCUT2D eigenvalue weighted by molar-refractivity contribution is -0.120. The maximum absolute atomic E-state index is 11.9. The van der Waals surface area contributed by atoms with Crippen molar-refractivity contribution in [2.24, 2.45) is 11.7 Å². The summed E-state index contributed by atoms with van der Waals surface area (Å²) in [7, 11) is 1.60. The molecule has 5 nitrogen and oxygen atoms in total. The van der Waals surface area contributed by atoms with Gasteiger partial charge in [0.15, 0.2) is 0 Å². The van der Waals surface area contributed by atoms with E-state index in [9.17, 15) is 4.79 Å². The summed E-state index contributed by atoms with van der Waals surface area (Å²) in [6.07, 6.45) is 0.886. The summed E-state index contributed by atoms with van der Waals surface area (Å²) in [5, 5.41) is 6.01. The predicted molar refractivity (Wildman–Crippen MR) is 81.9 cm³/mol. The van der Waals surface area contributed by atoms with Gasteiger partial charge in [0.2, 0.25) is 5.91 Å². The maximum atomic E-state index is 11.9. The van der Waals surface area contributed by atoms with Crippen LogP contribution in [0.2, 0.25) is 0 Å². The number of carbonyl (C=O) groups excluding carboxylic acids is 1. The summed E-state index contributed by atoms with van der Waals surface area (Å²) in [4.78, 5) is 11.9. The minimum absolute atomic E-state index is 0.0296. The Labute approximate surface area is 120 Å². The Bertz CT molecular complexity index is 421. The zero-order valence-electron chi connectivity index (χ0n) is 12.5. The highest BCUT2D eigenvalue weighted by molar-refractivity contribution is 5.81. The zero-order chi connectivity index (χ0) is 15.0. The molecule has 4 N–H and O–H groups in total. The van der Waals surface area contributed by atoms with Crippen LogP contribution in [0.25, 0.3) is 0 Å². The SMILES string of the molecule is COc1ccccc1NCC(=O)NC(CN)CC(C)C. The molecular formula is C15H25N3O2. The van der Waals surface area contributed by atoms with Gasteiger partial charge in [-0.3, -0.25) is 4.79 Å². The number of nitrogens with one attached hydrogen (secondary N) is 2. The largest absolute Gasteiger partial charge is 0.495 e. The van der Waals surface area contributed by atoms with Gasteiger partial charge in [0, 0.05) is 12.6 Å². The van der Waals surface area contributed by atoms with E-state index in [0.29, 0.717) is 12.5 Å². The van der Waals surface area contributed by atoms with E-state index in [2.05, 4.69) is 24.5 Å². The number of carbonyl (C=O) groups is 1. The summed E-state index contributed by atoms with van der Waals surface area (Å²) >= 11 is 0. The first-order chi connectivity index (χ1) is 9.56. The number of anilines is 1. The zero-order valence-corrected chi connectivity index (χ0v) is 12.5. The highest BCUT2D eigenvalue weighted by Crippen LogP contribution is 2.22. The Morgan fingerprint density at radius 2 is 2.05 bits per heavy atom. The van der Waals surface area contributed by atoms with E-state index >= 15 is 0 Å². The monoisotopic (exact) mass is 279 g/mol. The lowest BCUT2D eigenvalue weighted by Gasteiger charge is -2.19. The van der Waals surface area contributed by atoms with Gasteiger partial charge < -0.3 is 21.1 Å². The Morgan fingerprint density at radius 3 is 2.65 bits per heavy atom. The molecule has 0 aliphatic rings. The van der Waals surface area contributed by atoms with Crippen molar-refractivity contribution >= 4 is 11.6 Å². The standard InChI is InChI=1S/C15H25N3O2/c1-11(2)8-12(9-16)18-15(19)10-17-13-6-4-5-7-14(13)20-3/h4-7,11-12,17H,8-10,16H2,1-3H3,(H,18,19). The number of ether oxygens (including phenoxy) is 1. The van der Waals surface area contributed by atoms with Crippen molar-refractivity contribution in [1.29, 1.82) is 0 Å². The van der Waals surface area contributed by atoms with Gasteiger partial charge in [-0.1, -0.05) is 26.0 Å². The molecule has 0 saturated heterocycles. The van der Waals surface area contributed by atoms with Gasteiger partial charge in [-0.15, -0.1) is 0 Å². The molecule has 1 unspecified atom stereocenters. The molecule has 0 fully saturated rings. The quantitative estimate of drug-likeness (QED) is 0.675. The predicted octanol–water partition coefficient (Wildman–Crippen LogP) is 1.60. The smallest absolute Gasteiger partial charge is 0.239 e. The molecule has 5 heteroatoms. The number of rotatable bonds is 8. The molecule has 1 rings (SSSR count). The van der Waals surface area contributed by atoms with E-state index in [0.717, 1.165) is 17.9 Å². The van der Waals surface area contributed by atoms with E-state index in [-0.39, 0.29) is 18.5 Å². The highest BCUT2D eigenvalue weighted by atomic mass is 16.5. The van der Waals surface area contributed by atoms with Gasteiger partial charge in [0.25, 0.3) is 0 Å². The average molecular weight is 279 g/mol. The number of benzene rings is 1. The molecule has 1 amide bonds. The van der Waals surface area contributed by atoms with Crippen molar-refractivity contribution in [3.63, 3.8) is 0 Å². The van der Waals surface area contributed by atoms with Crippen molar-refractivity contribution < 1.29 is 9.53 Å². The summed E-state index contributed by atoms with van der Waals surface area (Å²) < 4.78 is 5.22. The molecule has 0 aliphatic carbocycles. The van der Waals surface area contributed by atoms with Crippen molar-refractivity contribution in [3.8, 4) is 5.75 Å². The first kappa shape index (κ1) is 16.3. The number of hydrogen-bond donors (Lipinski definition) is 3. The third kappa shape index (κ3) is 5.48. The van der Waals surface area contributed by atoms with Gasteiger partial charge >= 0.3 is 0 Å². The van der Waals surface area contributed by atoms with Gasteiger partial charge in [-0.25, -0.2) is 0 Å². The Balaban J connectivity index is 2.46. The fraction of sp³-hybridized carbons (Fsp3) is 0.533. The second kappa shape index (κ2) is 8.43. The van der Waals surface area contributed by atoms with Gasteiger partial charge in [0.1, 0.15) is 5.75 Å². The fourth-order valence-corrected chi connectivity index (χ4v) is 2.03. The molecule has 0 bridgehead atoms. The Morgan fingerprint density at radius 1 is 1.35 bits per heavy atom. The second-order valence-electron chi connectivity index (χ2n) is 5.18. The third-order valence-corrected chi connectivity index (χ3v) is 2.95. The lowest BCUT2D eigenvalue weighted by atomic mass is 10.0. The van der Waals surface area contributed by atoms with E-state index in [4.69, 9.17) is 10.5 Å². The Hall–Kier alpha value is -1.75. The third-order valence-electron chi connectivity index (χ3n) is 2.95. The molecular weight excluding hydrogens is 254 g/mol. The second-order valence-corrected chi connectivity index (χ2v) is 5.18. The lowest BCUT2D eigenvalue weighted by Crippen LogP contribution is -2.43. The summed E-state index contributed by atoms with van der Waals surface area (Å²) in [6, 6.07) is 7.53. The van der Waals surface area contributed by atoms with Crippen LogP contribution in [0.1, 0.15) is 20.3 Å². The van der Waals surface area contributed by atoms with E-state index in [1.165, 1.54) is 0 Å². The average Bonchev–Trinajstić information content (AvgIpc) is 2.44. The molecule has 0 aromatic heterocycles. The van der Waals surface area contributed by atoms with Crippen molar-refractivity contribution in [3.05, 3.63) is 24.3 Å². The molecule has 0 aliphatic heterocycles. The first-order valence-corrected chi connectivity index (χ1v) is 6.93. The molecule has 0 saturated carbocycles. The molecule has 20 heavy (non-hydrogen) atoms. The maximum Gasteiger partial charge on any atom is 0.239 e. The van der Waals surface area contributed by atoms with Crippen molar-refractivity contribution in [2.45, 2.75) is 26.3 Å². The van der Waals surface area contributed by atoms with Gasteiger partial charge in [0.05, 0.1) is 19.3 Å². The highest BCUT2D eigenvalue weighted by Gasteiger charge is 2.12. The number of nitrogens with two attached hydrogens (primary N) is 1. The van der Waals surface area contributed by atoms with Crippen molar-refractivity contribution in [2.75, 3.05) is 25.5 Å². The molecule has 1 aromatic rings. The van der Waals surface area contributed by atoms with Crippen LogP contribution in [0.15, 0.2) is 24.3 Å². The van der Waals surface area contributed by atoms with E-state index in [1.54, 1.807) is 7.11 Å². The molecule has 1 atom stereocenters. The molecule has 0 heterocycles. The minimum atomic E-state index is -0.0630. The number of hydrogen-bond acceptors (Lipinski definition) is 4. The summed E-state index contributed by atoms with van der Waals surface area (Å²) in [5.41, 5.74) is 6.47. The first-order valence-electron chi connectivity index (χ1n) is 6.93. The van der Waals surface area contributed by atoms with Crippen LogP contribution in [0, 0.1) is 5.92 Å². The summed E-state index contributed by atoms with van der Waals surface area (Å²) in [5.74, 6) is 1.16. The fourth-order valence-electron chi connectivity index (χ4n) is 2.03. The van der Waals surface area contributed by atoms with Crippen LogP contribution in [0.4, 0.5) is 5.69 Å². The van der Waals surface area contributed by atoms with Crippen LogP contribution >= 0.6 is 0 Å². The normalized spacial score (nSPS) is 12.1. The number of para-hydroxylation sites is 2. The van der Waals surface area contributed by atoms with E-state index < -0.39 is 0 Å². The van der Waals surface area contributed by atoms with Crippen LogP contribution in [-0.2, 0) is 4.79 Å². The summed E-state index contributed by atoms with van der Waals surface area (Å²) in [6.45, 7) is 4.89. The minimum Gasteiger partial charge on any atom is -0.495 e. The Kier molecular flexibility index (Phi) is 6.87. The topological polar surface area (TPSA) is 76.4 Å². The van der Waals surface area contributed by atoms with E-state index in [1.807, 2.05) is 24.3 Å². The molecule has 0 radical (unpaired) electrons. The molecule has 112 valence electrons. The molecule has 0 spiro atoms. The van der Waals surface area contributed by atoms with Crippen LogP contribution in [0.5, 0.6) is 5.75 Å². The van der Waals surface area contributed by atoms with Crippen LogP contribution < -0.4 is 21.1 Å². The van der Waals surface area contributed by atoms with Crippen LogP contribution in [0.3, 0.4) is 0 Å². The van der Waals surface area contributed by atoms with Gasteiger partial charge in [-0.05, 0) is 24.5 Å². The van der Waals surface area contributed by atoms with Crippen LogP contribution in [-0.4, -0.2) is 32.1 Å². The number of methoxy groups -OCH3 is 1.